The summed E-state index contributed by atoms with van der Waals surface area (Å²) in [6.45, 7) is 3.83. The zero-order chi connectivity index (χ0) is 18.3. The first kappa shape index (κ1) is 19.8. The van der Waals surface area contributed by atoms with Crippen LogP contribution in [0.3, 0.4) is 0 Å². The van der Waals surface area contributed by atoms with Crippen LogP contribution in [0, 0.1) is 5.92 Å². The van der Waals surface area contributed by atoms with Crippen molar-refractivity contribution in [1.29, 1.82) is 0 Å². The predicted octanol–water partition coefficient (Wildman–Crippen LogP) is 3.65. The average molecular weight is 347 g/mol. The van der Waals surface area contributed by atoms with Crippen LogP contribution in [0.4, 0.5) is 13.2 Å². The van der Waals surface area contributed by atoms with E-state index in [-0.39, 0.29) is 24.7 Å². The van der Waals surface area contributed by atoms with E-state index in [1.54, 1.807) is 0 Å². The van der Waals surface area contributed by atoms with Gasteiger partial charge in [0.15, 0.2) is 0 Å². The second kappa shape index (κ2) is 8.56. The smallest absolute Gasteiger partial charge is 0.481 e. The molecule has 134 valence electrons. The molecule has 0 aliphatic carbocycles. The molecule has 0 radical (unpaired) electrons. The molecule has 1 aromatic carbocycles. The van der Waals surface area contributed by atoms with Crippen molar-refractivity contribution in [2.45, 2.75) is 45.5 Å². The minimum Gasteiger partial charge on any atom is -0.481 e. The molecule has 1 amide bonds. The summed E-state index contributed by atoms with van der Waals surface area (Å²) in [4.78, 5) is 22.9. The molecule has 2 unspecified atom stereocenters. The van der Waals surface area contributed by atoms with Crippen LogP contribution >= 0.6 is 0 Å². The number of nitrogens with one attached hydrogen (secondary N) is 1. The summed E-state index contributed by atoms with van der Waals surface area (Å²) in [6, 6.07) is 3.95. The summed E-state index contributed by atoms with van der Waals surface area (Å²) in [7, 11) is 0. The lowest BCUT2D eigenvalue weighted by Gasteiger charge is -2.19. The molecule has 2 atom stereocenters. The summed E-state index contributed by atoms with van der Waals surface area (Å²) < 4.78 is 40.2. The number of carboxylic acids is 1. The summed E-state index contributed by atoms with van der Waals surface area (Å²) in [5.41, 5.74) is 0.393. The number of ether oxygens (including phenoxy) is 1. The molecule has 1 rings (SSSR count). The van der Waals surface area contributed by atoms with Crippen molar-refractivity contribution in [2.24, 2.45) is 5.92 Å². The number of rotatable bonds is 8. The van der Waals surface area contributed by atoms with Crippen LogP contribution in [0.25, 0.3) is 0 Å². The normalized spacial score (nSPS) is 13.9. The molecule has 0 saturated heterocycles. The molecule has 0 bridgehead atoms. The molecule has 0 aliphatic rings. The molecular formula is C16H20F3NO4. The van der Waals surface area contributed by atoms with Gasteiger partial charge in [0.1, 0.15) is 5.75 Å². The SMILES string of the molecule is CCC(C)CC(=O)NC(CC(=O)O)c1ccc(OC(F)(F)F)cc1. The number of carbonyl (C=O) groups is 2. The van der Waals surface area contributed by atoms with E-state index in [1.165, 1.54) is 12.1 Å². The van der Waals surface area contributed by atoms with Gasteiger partial charge in [-0.15, -0.1) is 13.2 Å². The van der Waals surface area contributed by atoms with Crippen molar-refractivity contribution < 1.29 is 32.6 Å². The van der Waals surface area contributed by atoms with Gasteiger partial charge in [-0.2, -0.15) is 0 Å². The number of amides is 1. The van der Waals surface area contributed by atoms with Crippen LogP contribution in [-0.4, -0.2) is 23.3 Å². The van der Waals surface area contributed by atoms with E-state index >= 15 is 0 Å². The molecule has 1 aromatic rings. The molecule has 5 nitrogen and oxygen atoms in total. The number of hydrogen-bond acceptors (Lipinski definition) is 3. The van der Waals surface area contributed by atoms with E-state index < -0.39 is 24.1 Å². The Morgan fingerprint density at radius 1 is 1.21 bits per heavy atom. The second-order valence-corrected chi connectivity index (χ2v) is 5.55. The van der Waals surface area contributed by atoms with E-state index in [2.05, 4.69) is 10.1 Å². The number of halogens is 3. The van der Waals surface area contributed by atoms with Crippen LogP contribution in [0.15, 0.2) is 24.3 Å². The lowest BCUT2D eigenvalue weighted by Crippen LogP contribution is -2.31. The van der Waals surface area contributed by atoms with Crippen LogP contribution in [-0.2, 0) is 9.59 Å². The Bertz CT molecular complexity index is 557. The topological polar surface area (TPSA) is 75.6 Å². The predicted molar refractivity (Wildman–Crippen MR) is 80.3 cm³/mol. The van der Waals surface area contributed by atoms with Crippen molar-refractivity contribution in [1.82, 2.24) is 5.32 Å². The molecule has 24 heavy (non-hydrogen) atoms. The lowest BCUT2D eigenvalue weighted by atomic mass is 10.0. The number of benzene rings is 1. The maximum Gasteiger partial charge on any atom is 0.573 e. The number of aliphatic carboxylic acids is 1. The van der Waals surface area contributed by atoms with E-state index in [0.717, 1.165) is 18.6 Å². The minimum atomic E-state index is -4.80. The molecule has 0 saturated carbocycles. The number of alkyl halides is 3. The van der Waals surface area contributed by atoms with Gasteiger partial charge in [-0.05, 0) is 23.6 Å². The van der Waals surface area contributed by atoms with E-state index in [9.17, 15) is 22.8 Å². The second-order valence-electron chi connectivity index (χ2n) is 5.55. The maximum absolute atomic E-state index is 12.1. The van der Waals surface area contributed by atoms with Crippen molar-refractivity contribution in [3.8, 4) is 5.75 Å². The van der Waals surface area contributed by atoms with Crippen LogP contribution in [0.5, 0.6) is 5.75 Å². The summed E-state index contributed by atoms with van der Waals surface area (Å²) in [5.74, 6) is -1.69. The average Bonchev–Trinajstić information content (AvgIpc) is 2.45. The van der Waals surface area contributed by atoms with Crippen molar-refractivity contribution in [3.63, 3.8) is 0 Å². The first-order valence-corrected chi connectivity index (χ1v) is 7.47. The monoisotopic (exact) mass is 347 g/mol. The molecule has 0 aromatic heterocycles. The fourth-order valence-corrected chi connectivity index (χ4v) is 2.04. The highest BCUT2D eigenvalue weighted by Crippen LogP contribution is 2.25. The fraction of sp³-hybridized carbons (Fsp3) is 0.500. The Morgan fingerprint density at radius 3 is 2.25 bits per heavy atom. The van der Waals surface area contributed by atoms with Crippen molar-refractivity contribution in [2.75, 3.05) is 0 Å². The first-order valence-electron chi connectivity index (χ1n) is 7.47. The molecule has 0 aliphatic heterocycles. The number of carboxylic acid groups (broad SMARTS) is 1. The molecule has 2 N–H and O–H groups in total. The zero-order valence-corrected chi connectivity index (χ0v) is 13.4. The molecule has 0 fully saturated rings. The molecule has 8 heteroatoms. The third-order valence-corrected chi connectivity index (χ3v) is 3.46. The Kier molecular flexibility index (Phi) is 7.06. The van der Waals surface area contributed by atoms with Gasteiger partial charge in [0.2, 0.25) is 5.91 Å². The molecular weight excluding hydrogens is 327 g/mol. The van der Waals surface area contributed by atoms with Crippen LogP contribution < -0.4 is 10.1 Å². The largest absolute Gasteiger partial charge is 0.573 e. The molecule has 0 heterocycles. The highest BCUT2D eigenvalue weighted by atomic mass is 19.4. The van der Waals surface area contributed by atoms with E-state index in [0.29, 0.717) is 5.56 Å². The van der Waals surface area contributed by atoms with Gasteiger partial charge >= 0.3 is 12.3 Å². The van der Waals surface area contributed by atoms with Gasteiger partial charge in [0.25, 0.3) is 0 Å². The zero-order valence-electron chi connectivity index (χ0n) is 13.4. The highest BCUT2D eigenvalue weighted by molar-refractivity contribution is 5.78. The minimum absolute atomic E-state index is 0.151. The van der Waals surface area contributed by atoms with Gasteiger partial charge in [0.05, 0.1) is 12.5 Å². The van der Waals surface area contributed by atoms with Gasteiger partial charge in [0, 0.05) is 6.42 Å². The van der Waals surface area contributed by atoms with Crippen molar-refractivity contribution >= 4 is 11.9 Å². The highest BCUT2D eigenvalue weighted by Gasteiger charge is 2.31. The Morgan fingerprint density at radius 2 is 1.79 bits per heavy atom. The third kappa shape index (κ3) is 7.34. The Balaban J connectivity index is 2.84. The third-order valence-electron chi connectivity index (χ3n) is 3.46. The standard InChI is InChI=1S/C16H20F3NO4/c1-3-10(2)8-14(21)20-13(9-15(22)23)11-4-6-12(7-5-11)24-16(17,18)19/h4-7,10,13H,3,8-9H2,1-2H3,(H,20,21)(H,22,23). The van der Waals surface area contributed by atoms with Crippen LogP contribution in [0.2, 0.25) is 0 Å². The fourth-order valence-electron chi connectivity index (χ4n) is 2.04. The van der Waals surface area contributed by atoms with E-state index in [4.69, 9.17) is 5.11 Å². The quantitative estimate of drug-likeness (QED) is 0.753. The summed E-state index contributed by atoms with van der Waals surface area (Å²) in [6.07, 6.45) is -4.11. The van der Waals surface area contributed by atoms with Crippen molar-refractivity contribution in [3.05, 3.63) is 29.8 Å². The maximum atomic E-state index is 12.1. The van der Waals surface area contributed by atoms with Gasteiger partial charge in [-0.25, -0.2) is 0 Å². The summed E-state index contributed by atoms with van der Waals surface area (Å²) >= 11 is 0. The summed E-state index contributed by atoms with van der Waals surface area (Å²) in [5, 5.41) is 11.6. The van der Waals surface area contributed by atoms with Gasteiger partial charge < -0.3 is 15.2 Å². The Hall–Kier alpha value is -2.25. The molecule has 0 spiro atoms. The lowest BCUT2D eigenvalue weighted by molar-refractivity contribution is -0.274. The number of carbonyl (C=O) groups excluding carboxylic acids is 1. The van der Waals surface area contributed by atoms with Crippen LogP contribution in [0.1, 0.15) is 44.7 Å². The first-order chi connectivity index (χ1) is 11.1. The van der Waals surface area contributed by atoms with Gasteiger partial charge in [-0.3, -0.25) is 9.59 Å². The van der Waals surface area contributed by atoms with Gasteiger partial charge in [-0.1, -0.05) is 32.4 Å². The number of hydrogen-bond donors (Lipinski definition) is 2. The van der Waals surface area contributed by atoms with E-state index in [1.807, 2.05) is 13.8 Å². The Labute approximate surface area is 137 Å².